The molecule has 28 heavy (non-hydrogen) atoms. The highest BCUT2D eigenvalue weighted by Crippen LogP contribution is 2.31. The molecule has 1 aromatic carbocycles. The fourth-order valence-electron chi connectivity index (χ4n) is 3.11. The first-order valence-corrected chi connectivity index (χ1v) is 9.16. The SMILES string of the molecule is CCNC(=NCC(O)c1ccncc1)NCC1CC(=O)Nc2ccccc21.I. The van der Waals surface area contributed by atoms with Crippen molar-refractivity contribution in [3.63, 3.8) is 0 Å². The number of carbonyl (C=O) groups is 1. The van der Waals surface area contributed by atoms with Gasteiger partial charge in [-0.2, -0.15) is 0 Å². The van der Waals surface area contributed by atoms with Crippen molar-refractivity contribution < 1.29 is 9.90 Å². The van der Waals surface area contributed by atoms with Gasteiger partial charge in [-0.05, 0) is 36.2 Å². The standard InChI is InChI=1S/C20H25N5O2.HI/c1-2-22-20(24-13-18(26)14-7-9-21-10-8-14)23-12-15-11-19(27)25-17-6-4-3-5-16(15)17;/h3-10,15,18,26H,2,11-13H2,1H3,(H,25,27)(H2,22,23,24);1H. The van der Waals surface area contributed by atoms with Crippen LogP contribution in [0.1, 0.15) is 36.5 Å². The number of aliphatic imine (C=N–C) groups is 1. The van der Waals surface area contributed by atoms with E-state index in [0.717, 1.165) is 16.8 Å². The monoisotopic (exact) mass is 495 g/mol. The van der Waals surface area contributed by atoms with Gasteiger partial charge in [0.05, 0.1) is 12.6 Å². The van der Waals surface area contributed by atoms with Gasteiger partial charge in [-0.1, -0.05) is 18.2 Å². The van der Waals surface area contributed by atoms with Crippen LogP contribution in [-0.4, -0.2) is 41.6 Å². The summed E-state index contributed by atoms with van der Waals surface area (Å²) >= 11 is 0. The molecule has 0 saturated heterocycles. The average Bonchev–Trinajstić information content (AvgIpc) is 2.70. The molecule has 0 fully saturated rings. The minimum absolute atomic E-state index is 0. The van der Waals surface area contributed by atoms with Gasteiger partial charge in [-0.25, -0.2) is 0 Å². The Morgan fingerprint density at radius 3 is 2.79 bits per heavy atom. The molecule has 0 bridgehead atoms. The van der Waals surface area contributed by atoms with Crippen molar-refractivity contribution in [2.75, 3.05) is 25.0 Å². The Bertz CT molecular complexity index is 800. The summed E-state index contributed by atoms with van der Waals surface area (Å²) in [6.07, 6.45) is 3.04. The highest BCUT2D eigenvalue weighted by molar-refractivity contribution is 14.0. The number of nitrogens with zero attached hydrogens (tertiary/aromatic N) is 2. The van der Waals surface area contributed by atoms with E-state index in [0.29, 0.717) is 25.5 Å². The third-order valence-electron chi connectivity index (χ3n) is 4.48. The van der Waals surface area contributed by atoms with Crippen molar-refractivity contribution in [3.05, 3.63) is 59.9 Å². The maximum absolute atomic E-state index is 12.0. The van der Waals surface area contributed by atoms with Crippen LogP contribution in [0.25, 0.3) is 0 Å². The first-order chi connectivity index (χ1) is 13.2. The Morgan fingerprint density at radius 1 is 1.29 bits per heavy atom. The molecule has 8 heteroatoms. The number of aromatic nitrogens is 1. The third-order valence-corrected chi connectivity index (χ3v) is 4.48. The number of halogens is 1. The summed E-state index contributed by atoms with van der Waals surface area (Å²) in [5.74, 6) is 0.716. The number of aliphatic hydroxyl groups is 1. The molecule has 0 aliphatic carbocycles. The van der Waals surface area contributed by atoms with Crippen LogP contribution < -0.4 is 16.0 Å². The summed E-state index contributed by atoms with van der Waals surface area (Å²) in [6.45, 7) is 3.52. The Balaban J connectivity index is 0.00000280. The second kappa shape index (κ2) is 11.0. The van der Waals surface area contributed by atoms with E-state index >= 15 is 0 Å². The molecule has 0 spiro atoms. The number of pyridine rings is 1. The largest absolute Gasteiger partial charge is 0.386 e. The lowest BCUT2D eigenvalue weighted by Crippen LogP contribution is -2.41. The second-order valence-corrected chi connectivity index (χ2v) is 6.43. The molecule has 7 nitrogen and oxygen atoms in total. The molecule has 2 atom stereocenters. The molecule has 1 aliphatic heterocycles. The number of guanidine groups is 1. The number of benzene rings is 1. The van der Waals surface area contributed by atoms with Gasteiger partial charge in [0, 0.05) is 43.5 Å². The Morgan fingerprint density at radius 2 is 2.04 bits per heavy atom. The molecule has 0 radical (unpaired) electrons. The fraction of sp³-hybridized carbons (Fsp3) is 0.350. The van der Waals surface area contributed by atoms with E-state index in [9.17, 15) is 9.90 Å². The predicted octanol–water partition coefficient (Wildman–Crippen LogP) is 2.41. The summed E-state index contributed by atoms with van der Waals surface area (Å²) in [6, 6.07) is 11.4. The minimum Gasteiger partial charge on any atom is -0.386 e. The lowest BCUT2D eigenvalue weighted by atomic mass is 9.90. The van der Waals surface area contributed by atoms with Crippen molar-refractivity contribution >= 4 is 41.5 Å². The Labute approximate surface area is 182 Å². The number of aliphatic hydroxyl groups excluding tert-OH is 1. The van der Waals surface area contributed by atoms with E-state index in [1.165, 1.54) is 0 Å². The van der Waals surface area contributed by atoms with Crippen molar-refractivity contribution in [3.8, 4) is 0 Å². The number of hydrogen-bond acceptors (Lipinski definition) is 4. The molecule has 4 N–H and O–H groups in total. The summed E-state index contributed by atoms with van der Waals surface area (Å²) in [7, 11) is 0. The summed E-state index contributed by atoms with van der Waals surface area (Å²) in [5, 5.41) is 19.7. The summed E-state index contributed by atoms with van der Waals surface area (Å²) in [4.78, 5) is 20.4. The van der Waals surface area contributed by atoms with Crippen molar-refractivity contribution in [1.29, 1.82) is 0 Å². The van der Waals surface area contributed by atoms with Gasteiger partial charge in [0.1, 0.15) is 0 Å². The highest BCUT2D eigenvalue weighted by atomic mass is 127. The van der Waals surface area contributed by atoms with E-state index in [2.05, 4.69) is 25.9 Å². The van der Waals surface area contributed by atoms with Gasteiger partial charge in [0.25, 0.3) is 0 Å². The highest BCUT2D eigenvalue weighted by Gasteiger charge is 2.24. The Kier molecular flexibility index (Phi) is 8.65. The first-order valence-electron chi connectivity index (χ1n) is 9.16. The molecular weight excluding hydrogens is 469 g/mol. The van der Waals surface area contributed by atoms with E-state index in [4.69, 9.17) is 0 Å². The number of rotatable bonds is 6. The number of hydrogen-bond donors (Lipinski definition) is 4. The predicted molar refractivity (Wildman–Crippen MR) is 121 cm³/mol. The van der Waals surface area contributed by atoms with Gasteiger partial charge in [-0.3, -0.25) is 14.8 Å². The number of anilines is 1. The van der Waals surface area contributed by atoms with E-state index < -0.39 is 6.10 Å². The molecule has 2 aromatic rings. The maximum Gasteiger partial charge on any atom is 0.225 e. The number of carbonyl (C=O) groups excluding carboxylic acids is 1. The van der Waals surface area contributed by atoms with Crippen molar-refractivity contribution in [2.45, 2.75) is 25.4 Å². The van der Waals surface area contributed by atoms with Crippen LogP contribution in [0.4, 0.5) is 5.69 Å². The normalized spacial score (nSPS) is 17.0. The van der Waals surface area contributed by atoms with Crippen LogP contribution >= 0.6 is 24.0 Å². The lowest BCUT2D eigenvalue weighted by Gasteiger charge is -2.26. The van der Waals surface area contributed by atoms with Gasteiger partial charge in [0.2, 0.25) is 5.91 Å². The van der Waals surface area contributed by atoms with Crippen LogP contribution in [0.15, 0.2) is 53.8 Å². The number of para-hydroxylation sites is 1. The smallest absolute Gasteiger partial charge is 0.225 e. The van der Waals surface area contributed by atoms with Crippen molar-refractivity contribution in [1.82, 2.24) is 15.6 Å². The van der Waals surface area contributed by atoms with Gasteiger partial charge < -0.3 is 21.1 Å². The van der Waals surface area contributed by atoms with Crippen LogP contribution in [0.3, 0.4) is 0 Å². The molecular formula is C20H26IN5O2. The molecule has 1 amide bonds. The molecule has 3 rings (SSSR count). The zero-order chi connectivity index (χ0) is 19.1. The maximum atomic E-state index is 12.0. The topological polar surface area (TPSA) is 98.6 Å². The van der Waals surface area contributed by atoms with E-state index in [1.807, 2.05) is 31.2 Å². The molecule has 1 aromatic heterocycles. The van der Waals surface area contributed by atoms with Crippen LogP contribution in [0.5, 0.6) is 0 Å². The van der Waals surface area contributed by atoms with E-state index in [-0.39, 0.29) is 42.3 Å². The van der Waals surface area contributed by atoms with Crippen LogP contribution in [-0.2, 0) is 4.79 Å². The quantitative estimate of drug-likeness (QED) is 0.281. The molecule has 150 valence electrons. The van der Waals surface area contributed by atoms with Gasteiger partial charge in [0.15, 0.2) is 5.96 Å². The van der Waals surface area contributed by atoms with Gasteiger partial charge >= 0.3 is 0 Å². The number of amides is 1. The minimum atomic E-state index is -0.690. The zero-order valence-corrected chi connectivity index (χ0v) is 18.1. The van der Waals surface area contributed by atoms with Crippen molar-refractivity contribution in [2.24, 2.45) is 4.99 Å². The van der Waals surface area contributed by atoms with Crippen LogP contribution in [0.2, 0.25) is 0 Å². The molecule has 2 heterocycles. The van der Waals surface area contributed by atoms with Gasteiger partial charge in [-0.15, -0.1) is 24.0 Å². The van der Waals surface area contributed by atoms with E-state index in [1.54, 1.807) is 24.5 Å². The number of fused-ring (bicyclic) bond motifs is 1. The Hall–Kier alpha value is -2.20. The first kappa shape index (κ1) is 22.1. The lowest BCUT2D eigenvalue weighted by molar-refractivity contribution is -0.116. The summed E-state index contributed by atoms with van der Waals surface area (Å²) in [5.41, 5.74) is 2.77. The number of nitrogens with one attached hydrogen (secondary N) is 3. The zero-order valence-electron chi connectivity index (χ0n) is 15.8. The second-order valence-electron chi connectivity index (χ2n) is 6.43. The summed E-state index contributed by atoms with van der Waals surface area (Å²) < 4.78 is 0. The third kappa shape index (κ3) is 5.90. The molecule has 2 unspecified atom stereocenters. The fourth-order valence-corrected chi connectivity index (χ4v) is 3.11. The van der Waals surface area contributed by atoms with Crippen LogP contribution in [0, 0.1) is 0 Å². The molecule has 1 aliphatic rings. The average molecular weight is 495 g/mol. The molecule has 0 saturated carbocycles.